The SMILES string of the molecule is C#CCCC(=O)Oc1ccc2[nH]c(C(=O)N3CC(CCCl)c4c3cc(OCc3ccccc3)c3ccccc43)cc2c1. The second kappa shape index (κ2) is 12.0. The molecule has 0 fully saturated rings. The highest BCUT2D eigenvalue weighted by atomic mass is 35.5. The topological polar surface area (TPSA) is 71.6 Å². The summed E-state index contributed by atoms with van der Waals surface area (Å²) in [5.41, 5.74) is 4.22. The zero-order valence-corrected chi connectivity index (χ0v) is 23.7. The van der Waals surface area contributed by atoms with Crippen LogP contribution in [-0.2, 0) is 11.4 Å². The molecule has 6 rings (SSSR count). The standard InChI is InChI=1S/C35H29ClN2O4/c1-2-3-13-33(39)42-26-14-15-29-25(18-26)19-30(37-29)35(40)38-21-24(16-17-36)34-28-12-8-7-11-27(28)32(20-31(34)38)41-22-23-9-5-4-6-10-23/h1,4-12,14-15,18-20,24,37H,3,13,16-17,21-22H2. The molecule has 0 bridgehead atoms. The van der Waals surface area contributed by atoms with Crippen molar-refractivity contribution < 1.29 is 19.1 Å². The Labute approximate surface area is 249 Å². The van der Waals surface area contributed by atoms with E-state index in [1.807, 2.05) is 53.4 Å². The highest BCUT2D eigenvalue weighted by Crippen LogP contribution is 2.47. The Hall–Kier alpha value is -4.73. The van der Waals surface area contributed by atoms with Crippen LogP contribution in [0.15, 0.2) is 84.9 Å². The fraction of sp³-hybridized carbons (Fsp3) is 0.200. The number of aromatic amines is 1. The van der Waals surface area contributed by atoms with Gasteiger partial charge in [-0.25, -0.2) is 0 Å². The second-order valence-electron chi connectivity index (χ2n) is 10.3. The molecule has 4 aromatic carbocycles. The van der Waals surface area contributed by atoms with Gasteiger partial charge in [-0.15, -0.1) is 23.9 Å². The molecule has 2 heterocycles. The number of amides is 1. The monoisotopic (exact) mass is 576 g/mol. The van der Waals surface area contributed by atoms with Crippen LogP contribution in [0.25, 0.3) is 21.7 Å². The van der Waals surface area contributed by atoms with Crippen LogP contribution in [-0.4, -0.2) is 29.3 Å². The van der Waals surface area contributed by atoms with Crippen LogP contribution in [0, 0.1) is 12.3 Å². The van der Waals surface area contributed by atoms with E-state index in [-0.39, 0.29) is 18.2 Å². The first-order chi connectivity index (χ1) is 20.6. The number of nitrogens with zero attached hydrogens (tertiary/aromatic N) is 1. The number of esters is 1. The van der Waals surface area contributed by atoms with E-state index in [0.29, 0.717) is 36.9 Å². The van der Waals surface area contributed by atoms with Crippen LogP contribution in [0.4, 0.5) is 5.69 Å². The summed E-state index contributed by atoms with van der Waals surface area (Å²) in [7, 11) is 0. The molecule has 1 unspecified atom stereocenters. The molecule has 0 saturated carbocycles. The number of carbonyl (C=O) groups excluding carboxylic acids is 2. The Morgan fingerprint density at radius 1 is 1.00 bits per heavy atom. The number of halogens is 1. The van der Waals surface area contributed by atoms with Crippen LogP contribution in [0.5, 0.6) is 11.5 Å². The Bertz CT molecular complexity index is 1820. The molecule has 0 radical (unpaired) electrons. The van der Waals surface area contributed by atoms with E-state index in [1.54, 1.807) is 24.3 Å². The van der Waals surface area contributed by atoms with Crippen molar-refractivity contribution in [3.63, 3.8) is 0 Å². The quantitative estimate of drug-likeness (QED) is 0.0849. The van der Waals surface area contributed by atoms with Gasteiger partial charge < -0.3 is 19.4 Å². The van der Waals surface area contributed by atoms with Gasteiger partial charge in [-0.1, -0.05) is 54.6 Å². The maximum Gasteiger partial charge on any atom is 0.312 e. The normalized spacial score (nSPS) is 14.1. The number of ether oxygens (including phenoxy) is 2. The van der Waals surface area contributed by atoms with Crippen molar-refractivity contribution in [1.82, 2.24) is 4.98 Å². The van der Waals surface area contributed by atoms with Gasteiger partial charge in [-0.05, 0) is 47.2 Å². The highest BCUT2D eigenvalue weighted by Gasteiger charge is 2.35. The van der Waals surface area contributed by atoms with E-state index in [9.17, 15) is 9.59 Å². The fourth-order valence-electron chi connectivity index (χ4n) is 5.62. The van der Waals surface area contributed by atoms with Crippen LogP contribution >= 0.6 is 11.6 Å². The number of fused-ring (bicyclic) bond motifs is 4. The predicted octanol–water partition coefficient (Wildman–Crippen LogP) is 7.59. The zero-order chi connectivity index (χ0) is 29.1. The lowest BCUT2D eigenvalue weighted by molar-refractivity contribution is -0.134. The number of hydrogen-bond donors (Lipinski definition) is 1. The predicted molar refractivity (Wildman–Crippen MR) is 166 cm³/mol. The highest BCUT2D eigenvalue weighted by molar-refractivity contribution is 6.18. The lowest BCUT2D eigenvalue weighted by Crippen LogP contribution is -2.30. The van der Waals surface area contributed by atoms with E-state index < -0.39 is 5.97 Å². The molecule has 42 heavy (non-hydrogen) atoms. The number of hydrogen-bond acceptors (Lipinski definition) is 4. The van der Waals surface area contributed by atoms with Gasteiger partial charge >= 0.3 is 5.97 Å². The molecule has 210 valence electrons. The Kier molecular flexibility index (Phi) is 7.85. The first kappa shape index (κ1) is 27.4. The van der Waals surface area contributed by atoms with Crippen LogP contribution in [0.2, 0.25) is 0 Å². The number of anilines is 1. The summed E-state index contributed by atoms with van der Waals surface area (Å²) in [6, 6.07) is 27.2. The van der Waals surface area contributed by atoms with Gasteiger partial charge in [0.1, 0.15) is 23.8 Å². The third-order valence-electron chi connectivity index (χ3n) is 7.60. The minimum absolute atomic E-state index is 0.0907. The maximum atomic E-state index is 14.1. The third-order valence-corrected chi connectivity index (χ3v) is 7.81. The molecule has 1 N–H and O–H groups in total. The Balaban J connectivity index is 1.34. The fourth-order valence-corrected chi connectivity index (χ4v) is 5.88. The lowest BCUT2D eigenvalue weighted by atomic mass is 9.92. The average Bonchev–Trinajstić information content (AvgIpc) is 3.60. The molecule has 0 saturated heterocycles. The first-order valence-corrected chi connectivity index (χ1v) is 14.5. The van der Waals surface area contributed by atoms with Crippen LogP contribution in [0.3, 0.4) is 0 Å². The van der Waals surface area contributed by atoms with E-state index in [1.165, 1.54) is 0 Å². The zero-order valence-electron chi connectivity index (χ0n) is 22.9. The summed E-state index contributed by atoms with van der Waals surface area (Å²) in [5, 5.41) is 2.84. The number of carbonyl (C=O) groups is 2. The van der Waals surface area contributed by atoms with Crippen molar-refractivity contribution in [3.05, 3.63) is 102 Å². The Morgan fingerprint density at radius 3 is 2.57 bits per heavy atom. The summed E-state index contributed by atoms with van der Waals surface area (Å²) < 4.78 is 11.8. The molecule has 0 spiro atoms. The first-order valence-electron chi connectivity index (χ1n) is 13.9. The third kappa shape index (κ3) is 5.44. The molecule has 0 aliphatic carbocycles. The minimum Gasteiger partial charge on any atom is -0.488 e. The van der Waals surface area contributed by atoms with Crippen molar-refractivity contribution in [2.24, 2.45) is 0 Å². The van der Waals surface area contributed by atoms with Crippen LogP contribution in [0.1, 0.15) is 46.8 Å². The second-order valence-corrected chi connectivity index (χ2v) is 10.7. The van der Waals surface area contributed by atoms with Crippen molar-refractivity contribution in [3.8, 4) is 23.8 Å². The molecule has 6 nitrogen and oxygen atoms in total. The molecule has 5 aromatic rings. The number of rotatable bonds is 9. The lowest BCUT2D eigenvalue weighted by Gasteiger charge is -2.19. The Morgan fingerprint density at radius 2 is 1.79 bits per heavy atom. The molecular formula is C35H29ClN2O4. The summed E-state index contributed by atoms with van der Waals surface area (Å²) >= 11 is 6.24. The summed E-state index contributed by atoms with van der Waals surface area (Å²) in [6.45, 7) is 0.931. The molecular weight excluding hydrogens is 548 g/mol. The van der Waals surface area contributed by atoms with Gasteiger partial charge in [0, 0.05) is 47.1 Å². The minimum atomic E-state index is -0.393. The van der Waals surface area contributed by atoms with Gasteiger partial charge in [0.25, 0.3) is 5.91 Å². The van der Waals surface area contributed by atoms with Crippen molar-refractivity contribution in [2.75, 3.05) is 17.3 Å². The summed E-state index contributed by atoms with van der Waals surface area (Å²) in [5.74, 6) is 3.61. The van der Waals surface area contributed by atoms with Gasteiger partial charge in [0.05, 0.1) is 12.1 Å². The number of benzene rings is 4. The van der Waals surface area contributed by atoms with E-state index in [2.05, 4.69) is 23.0 Å². The van der Waals surface area contributed by atoms with E-state index in [4.69, 9.17) is 27.5 Å². The molecule has 7 heteroatoms. The summed E-state index contributed by atoms with van der Waals surface area (Å²) in [4.78, 5) is 31.2. The van der Waals surface area contributed by atoms with Crippen molar-refractivity contribution in [1.29, 1.82) is 0 Å². The van der Waals surface area contributed by atoms with Crippen molar-refractivity contribution in [2.45, 2.75) is 31.8 Å². The van der Waals surface area contributed by atoms with Crippen LogP contribution < -0.4 is 14.4 Å². The van der Waals surface area contributed by atoms with Gasteiger partial charge in [-0.3, -0.25) is 9.59 Å². The number of alkyl halides is 1. The smallest absolute Gasteiger partial charge is 0.312 e. The van der Waals surface area contributed by atoms with E-state index in [0.717, 1.165) is 50.7 Å². The largest absolute Gasteiger partial charge is 0.488 e. The van der Waals surface area contributed by atoms with Gasteiger partial charge in [-0.2, -0.15) is 0 Å². The van der Waals surface area contributed by atoms with Gasteiger partial charge in [0.15, 0.2) is 0 Å². The molecule has 1 atom stereocenters. The number of H-pyrrole nitrogens is 1. The summed E-state index contributed by atoms with van der Waals surface area (Å²) in [6.07, 6.45) is 6.46. The van der Waals surface area contributed by atoms with E-state index >= 15 is 0 Å². The molecule has 1 aliphatic rings. The number of terminal acetylenes is 1. The number of aromatic nitrogens is 1. The maximum absolute atomic E-state index is 14.1. The van der Waals surface area contributed by atoms with Crippen molar-refractivity contribution >= 4 is 50.8 Å². The molecule has 1 amide bonds. The molecule has 1 aliphatic heterocycles. The average molecular weight is 577 g/mol. The molecule has 1 aromatic heterocycles. The van der Waals surface area contributed by atoms with Gasteiger partial charge in [0.2, 0.25) is 0 Å². The number of nitrogens with one attached hydrogen (secondary N) is 1.